The average molecular weight is 400 g/mol. The molecule has 0 radical (unpaired) electrons. The number of carbonyl (C=O) groups excluding carboxylic acids is 1. The summed E-state index contributed by atoms with van der Waals surface area (Å²) in [6, 6.07) is 10.1. The summed E-state index contributed by atoms with van der Waals surface area (Å²) in [4.78, 5) is 18.6. The maximum Gasteiger partial charge on any atom is 0.223 e. The normalized spacial score (nSPS) is 15.7. The third-order valence-electron chi connectivity index (χ3n) is 4.80. The van der Waals surface area contributed by atoms with Gasteiger partial charge in [-0.25, -0.2) is 4.98 Å². The van der Waals surface area contributed by atoms with Crippen molar-refractivity contribution < 1.29 is 9.21 Å². The molecule has 1 aromatic heterocycles. The molecule has 1 aliphatic heterocycles. The van der Waals surface area contributed by atoms with Crippen LogP contribution in [0.1, 0.15) is 32.1 Å². The van der Waals surface area contributed by atoms with Gasteiger partial charge in [-0.2, -0.15) is 0 Å². The zero-order chi connectivity index (χ0) is 16.9. The minimum atomic E-state index is 0. The zero-order valence-corrected chi connectivity index (χ0v) is 16.6. The number of hydrogen-bond acceptors (Lipinski definition) is 4. The summed E-state index contributed by atoms with van der Waals surface area (Å²) in [7, 11) is 0. The third-order valence-corrected chi connectivity index (χ3v) is 4.80. The fraction of sp³-hybridized carbons (Fsp3) is 0.474. The van der Waals surface area contributed by atoms with Crippen molar-refractivity contribution in [3.63, 3.8) is 0 Å². The van der Waals surface area contributed by atoms with E-state index in [2.05, 4.69) is 11.9 Å². The Hall–Kier alpha value is -1.56. The standard InChI is InChI=1S/C19H25N3O2.2ClH/c1-14(20)15-9-11-22(12-10-15)19(23)8-7-18-21-13-17(24-18)16-5-3-2-4-6-16;;/h2-6,13-15H,7-12,20H2,1H3;2*1H. The Morgan fingerprint density at radius 2 is 1.92 bits per heavy atom. The number of amides is 1. The number of carbonyl (C=O) groups is 1. The minimum Gasteiger partial charge on any atom is -0.441 e. The fourth-order valence-electron chi connectivity index (χ4n) is 3.21. The molecule has 1 fully saturated rings. The lowest BCUT2D eigenvalue weighted by Gasteiger charge is -2.33. The predicted molar refractivity (Wildman–Crippen MR) is 108 cm³/mol. The first-order valence-electron chi connectivity index (χ1n) is 8.67. The van der Waals surface area contributed by atoms with Gasteiger partial charge in [0.1, 0.15) is 0 Å². The van der Waals surface area contributed by atoms with Crippen LogP contribution in [0.25, 0.3) is 11.3 Å². The molecule has 1 unspecified atom stereocenters. The molecule has 0 saturated carbocycles. The number of nitrogens with zero attached hydrogens (tertiary/aromatic N) is 2. The lowest BCUT2D eigenvalue weighted by molar-refractivity contribution is -0.132. The second kappa shape index (κ2) is 10.6. The fourth-order valence-corrected chi connectivity index (χ4v) is 3.21. The summed E-state index contributed by atoms with van der Waals surface area (Å²) in [6.07, 6.45) is 4.71. The van der Waals surface area contributed by atoms with Crippen LogP contribution in [0, 0.1) is 5.92 Å². The monoisotopic (exact) mass is 399 g/mol. The Labute approximate surface area is 167 Å². The molecule has 2 heterocycles. The molecule has 3 rings (SSSR count). The number of likely N-dealkylation sites (tertiary alicyclic amines) is 1. The number of halogens is 2. The van der Waals surface area contributed by atoms with Gasteiger partial charge in [0.05, 0.1) is 6.20 Å². The zero-order valence-electron chi connectivity index (χ0n) is 15.0. The summed E-state index contributed by atoms with van der Waals surface area (Å²) >= 11 is 0. The smallest absolute Gasteiger partial charge is 0.223 e. The summed E-state index contributed by atoms with van der Waals surface area (Å²) in [6.45, 7) is 3.67. The van der Waals surface area contributed by atoms with Crippen molar-refractivity contribution in [1.82, 2.24) is 9.88 Å². The van der Waals surface area contributed by atoms with Gasteiger partial charge in [0.2, 0.25) is 5.91 Å². The molecule has 5 nitrogen and oxygen atoms in total. The summed E-state index contributed by atoms with van der Waals surface area (Å²) in [5.41, 5.74) is 6.95. The summed E-state index contributed by atoms with van der Waals surface area (Å²) in [5.74, 6) is 2.08. The van der Waals surface area contributed by atoms with Gasteiger partial charge in [-0.1, -0.05) is 30.3 Å². The number of hydrogen-bond donors (Lipinski definition) is 1. The van der Waals surface area contributed by atoms with Crippen LogP contribution in [-0.4, -0.2) is 34.9 Å². The van der Waals surface area contributed by atoms with E-state index in [1.54, 1.807) is 6.20 Å². The number of aryl methyl sites for hydroxylation is 1. The van der Waals surface area contributed by atoms with E-state index in [0.29, 0.717) is 24.7 Å². The Morgan fingerprint density at radius 1 is 1.27 bits per heavy atom. The molecule has 26 heavy (non-hydrogen) atoms. The van der Waals surface area contributed by atoms with E-state index >= 15 is 0 Å². The molecule has 1 atom stereocenters. The van der Waals surface area contributed by atoms with E-state index in [9.17, 15) is 4.79 Å². The molecule has 0 bridgehead atoms. The number of piperidine rings is 1. The van der Waals surface area contributed by atoms with Gasteiger partial charge in [-0.05, 0) is 25.7 Å². The topological polar surface area (TPSA) is 72.4 Å². The van der Waals surface area contributed by atoms with Crippen LogP contribution < -0.4 is 5.73 Å². The maximum atomic E-state index is 12.3. The molecular formula is C19H27Cl2N3O2. The van der Waals surface area contributed by atoms with Gasteiger partial charge in [0.15, 0.2) is 11.7 Å². The van der Waals surface area contributed by atoms with Crippen LogP contribution in [0.4, 0.5) is 0 Å². The van der Waals surface area contributed by atoms with Crippen LogP contribution in [0.3, 0.4) is 0 Å². The SMILES string of the molecule is CC(N)C1CCN(C(=O)CCc2ncc(-c3ccccc3)o2)CC1.Cl.Cl. The highest BCUT2D eigenvalue weighted by molar-refractivity contribution is 5.85. The van der Waals surface area contributed by atoms with Gasteiger partial charge in [0, 0.05) is 37.5 Å². The molecular weight excluding hydrogens is 373 g/mol. The third kappa shape index (κ3) is 5.73. The molecule has 0 spiro atoms. The second-order valence-corrected chi connectivity index (χ2v) is 6.56. The molecule has 1 amide bonds. The number of oxazole rings is 1. The van der Waals surface area contributed by atoms with E-state index in [1.807, 2.05) is 35.2 Å². The molecule has 1 aromatic carbocycles. The van der Waals surface area contributed by atoms with Gasteiger partial charge in [0.25, 0.3) is 0 Å². The van der Waals surface area contributed by atoms with Crippen LogP contribution in [0.15, 0.2) is 40.9 Å². The van der Waals surface area contributed by atoms with Gasteiger partial charge < -0.3 is 15.1 Å². The summed E-state index contributed by atoms with van der Waals surface area (Å²) < 4.78 is 5.76. The Balaban J connectivity index is 0.00000169. The van der Waals surface area contributed by atoms with Crippen LogP contribution in [0.5, 0.6) is 0 Å². The van der Waals surface area contributed by atoms with Crippen molar-refractivity contribution in [2.45, 2.75) is 38.6 Å². The molecule has 2 aromatic rings. The van der Waals surface area contributed by atoms with Gasteiger partial charge in [-0.3, -0.25) is 4.79 Å². The highest BCUT2D eigenvalue weighted by atomic mass is 35.5. The Morgan fingerprint density at radius 3 is 2.54 bits per heavy atom. The van der Waals surface area contributed by atoms with Crippen LogP contribution in [-0.2, 0) is 11.2 Å². The van der Waals surface area contributed by atoms with Crippen molar-refractivity contribution in [2.75, 3.05) is 13.1 Å². The predicted octanol–water partition coefficient (Wildman–Crippen LogP) is 3.70. The molecule has 0 aliphatic carbocycles. The quantitative estimate of drug-likeness (QED) is 0.831. The van der Waals surface area contributed by atoms with E-state index in [-0.39, 0.29) is 36.8 Å². The van der Waals surface area contributed by atoms with Crippen molar-refractivity contribution in [3.8, 4) is 11.3 Å². The average Bonchev–Trinajstić information content (AvgIpc) is 3.09. The first-order chi connectivity index (χ1) is 11.6. The van der Waals surface area contributed by atoms with Crippen molar-refractivity contribution in [2.24, 2.45) is 11.7 Å². The molecule has 1 saturated heterocycles. The Kier molecular flexibility index (Phi) is 9.13. The highest BCUT2D eigenvalue weighted by Gasteiger charge is 2.24. The first-order valence-corrected chi connectivity index (χ1v) is 8.67. The first kappa shape index (κ1) is 22.5. The maximum absolute atomic E-state index is 12.3. The van der Waals surface area contributed by atoms with Crippen LogP contribution >= 0.6 is 24.8 Å². The van der Waals surface area contributed by atoms with Gasteiger partial charge in [-0.15, -0.1) is 24.8 Å². The van der Waals surface area contributed by atoms with Crippen molar-refractivity contribution >= 4 is 30.7 Å². The van der Waals surface area contributed by atoms with Crippen LogP contribution in [0.2, 0.25) is 0 Å². The van der Waals surface area contributed by atoms with E-state index < -0.39 is 0 Å². The largest absolute Gasteiger partial charge is 0.441 e. The number of nitrogens with two attached hydrogens (primary N) is 1. The number of aromatic nitrogens is 1. The van der Waals surface area contributed by atoms with E-state index in [1.165, 1.54) is 0 Å². The van der Waals surface area contributed by atoms with Crippen molar-refractivity contribution in [1.29, 1.82) is 0 Å². The Bertz CT molecular complexity index is 668. The number of rotatable bonds is 5. The molecule has 7 heteroatoms. The molecule has 2 N–H and O–H groups in total. The molecule has 1 aliphatic rings. The van der Waals surface area contributed by atoms with Gasteiger partial charge >= 0.3 is 0 Å². The van der Waals surface area contributed by atoms with E-state index in [0.717, 1.165) is 37.3 Å². The molecule has 144 valence electrons. The van der Waals surface area contributed by atoms with Crippen molar-refractivity contribution in [3.05, 3.63) is 42.4 Å². The highest BCUT2D eigenvalue weighted by Crippen LogP contribution is 2.22. The summed E-state index contributed by atoms with van der Waals surface area (Å²) in [5, 5.41) is 0. The van der Waals surface area contributed by atoms with E-state index in [4.69, 9.17) is 10.2 Å². The second-order valence-electron chi connectivity index (χ2n) is 6.56. The lowest BCUT2D eigenvalue weighted by Crippen LogP contribution is -2.42. The minimum absolute atomic E-state index is 0. The number of benzene rings is 1. The lowest BCUT2D eigenvalue weighted by atomic mass is 9.91.